The van der Waals surface area contributed by atoms with E-state index >= 15 is 0 Å². The molecule has 0 aromatic rings. The highest BCUT2D eigenvalue weighted by atomic mass is 35.5. The maximum absolute atomic E-state index is 7.62. The molecule has 0 atom stereocenters. The molecule has 0 radical (unpaired) electrons. The van der Waals surface area contributed by atoms with Crippen molar-refractivity contribution in [3.63, 3.8) is 0 Å². The molecule has 0 bridgehead atoms. The minimum absolute atomic E-state index is 0. The minimum atomic E-state index is -0.333. The fourth-order valence-corrected chi connectivity index (χ4v) is 0. The van der Waals surface area contributed by atoms with Crippen LogP contribution in [0, 0.1) is 5.41 Å². The van der Waals surface area contributed by atoms with Crippen molar-refractivity contribution in [3.8, 4) is 0 Å². The molecule has 0 aromatic carbocycles. The van der Waals surface area contributed by atoms with E-state index in [0.29, 0.717) is 0 Å². The average molecular weight is 158 g/mol. The first kappa shape index (κ1) is 15.8. The zero-order valence-corrected chi connectivity index (χ0v) is 5.69. The quantitative estimate of drug-likeness (QED) is 0.229. The van der Waals surface area contributed by atoms with Gasteiger partial charge in [0.2, 0.25) is 0 Å². The van der Waals surface area contributed by atoms with Crippen LogP contribution < -0.4 is 11.5 Å². The van der Waals surface area contributed by atoms with Crippen LogP contribution in [0.5, 0.6) is 0 Å². The number of nitrogens with one attached hydrogen (secondary N) is 1. The van der Waals surface area contributed by atoms with Crippen LogP contribution >= 0.6 is 12.4 Å². The summed E-state index contributed by atoms with van der Waals surface area (Å²) in [5.41, 5.74) is 8.94. The second-order valence-electron chi connectivity index (χ2n) is 0.903. The third-order valence-electron chi connectivity index (χ3n) is 0.1000. The molecule has 0 fully saturated rings. The van der Waals surface area contributed by atoms with Gasteiger partial charge >= 0.3 is 0 Å². The molecule has 58 valence electrons. The van der Waals surface area contributed by atoms with Crippen LogP contribution in [0.25, 0.3) is 0 Å². The van der Waals surface area contributed by atoms with Gasteiger partial charge in [0, 0.05) is 0 Å². The molecule has 0 aliphatic heterocycles. The molecule has 0 aliphatic rings. The zero-order valence-electron chi connectivity index (χ0n) is 4.87. The van der Waals surface area contributed by atoms with Gasteiger partial charge in [0.05, 0.1) is 13.2 Å². The molecule has 0 aromatic heterocycles. The van der Waals surface area contributed by atoms with Crippen molar-refractivity contribution in [1.29, 1.82) is 5.41 Å². The van der Waals surface area contributed by atoms with Crippen molar-refractivity contribution in [2.45, 2.75) is 0 Å². The zero-order chi connectivity index (χ0) is 6.99. The second kappa shape index (κ2) is 15.6. The van der Waals surface area contributed by atoms with Gasteiger partial charge in [-0.25, -0.2) is 0 Å². The van der Waals surface area contributed by atoms with E-state index in [-0.39, 0.29) is 31.6 Å². The van der Waals surface area contributed by atoms with Crippen molar-refractivity contribution in [3.05, 3.63) is 0 Å². The number of nitrogens with two attached hydrogens (primary N) is 2. The van der Waals surface area contributed by atoms with Crippen molar-refractivity contribution >= 4 is 18.4 Å². The molecule has 0 amide bonds. The van der Waals surface area contributed by atoms with Crippen molar-refractivity contribution < 1.29 is 10.2 Å². The maximum atomic E-state index is 7.62. The molecule has 0 saturated heterocycles. The number of guanidine groups is 1. The van der Waals surface area contributed by atoms with Gasteiger partial charge in [-0.15, -0.1) is 12.4 Å². The SMILES string of the molecule is Cl.N=C(N)N.OCCO. The summed E-state index contributed by atoms with van der Waals surface area (Å²) in [5, 5.41) is 21.3. The number of aliphatic hydroxyl groups is 2. The highest BCUT2D eigenvalue weighted by Crippen LogP contribution is 1.39. The predicted octanol–water partition coefficient (Wildman–Crippen LogP) is -1.77. The van der Waals surface area contributed by atoms with E-state index in [1.807, 2.05) is 0 Å². The van der Waals surface area contributed by atoms with Crippen LogP contribution in [-0.4, -0.2) is 29.4 Å². The summed E-state index contributed by atoms with van der Waals surface area (Å²) in [5.74, 6) is -0.333. The molecule has 0 aliphatic carbocycles. The Morgan fingerprint density at radius 3 is 1.33 bits per heavy atom. The summed E-state index contributed by atoms with van der Waals surface area (Å²) < 4.78 is 0. The number of halogens is 1. The first-order valence-corrected chi connectivity index (χ1v) is 1.96. The van der Waals surface area contributed by atoms with Gasteiger partial charge in [0.15, 0.2) is 5.96 Å². The van der Waals surface area contributed by atoms with Crippen LogP contribution in [0.4, 0.5) is 0 Å². The molecule has 6 heteroatoms. The second-order valence-corrected chi connectivity index (χ2v) is 0.903. The Morgan fingerprint density at radius 2 is 1.33 bits per heavy atom. The average Bonchev–Trinajstić information content (AvgIpc) is 1.65. The fraction of sp³-hybridized carbons (Fsp3) is 0.667. The Morgan fingerprint density at radius 1 is 1.22 bits per heavy atom. The summed E-state index contributed by atoms with van der Waals surface area (Å²) in [6, 6.07) is 0. The first-order chi connectivity index (χ1) is 3.65. The minimum Gasteiger partial charge on any atom is -0.394 e. The summed E-state index contributed by atoms with van der Waals surface area (Å²) in [7, 11) is 0. The standard InChI is InChI=1S/C2H6O2.CH5N3.ClH/c3-1-2-4;2-1(3)4;/h3-4H,1-2H2;(H5,2,3,4);1H. The lowest BCUT2D eigenvalue weighted by molar-refractivity contribution is 0.186. The molecule has 5 nitrogen and oxygen atoms in total. The van der Waals surface area contributed by atoms with E-state index < -0.39 is 0 Å². The molecular weight excluding hydrogens is 146 g/mol. The van der Waals surface area contributed by atoms with Gasteiger partial charge in [-0.1, -0.05) is 0 Å². The monoisotopic (exact) mass is 157 g/mol. The van der Waals surface area contributed by atoms with E-state index in [1.165, 1.54) is 0 Å². The number of aliphatic hydroxyl groups excluding tert-OH is 2. The van der Waals surface area contributed by atoms with Crippen LogP contribution in [0.3, 0.4) is 0 Å². The third-order valence-corrected chi connectivity index (χ3v) is 0.1000. The van der Waals surface area contributed by atoms with E-state index in [1.54, 1.807) is 0 Å². The lowest BCUT2D eigenvalue weighted by atomic mass is 10.8. The van der Waals surface area contributed by atoms with Gasteiger partial charge in [0.25, 0.3) is 0 Å². The Balaban J connectivity index is -0.0000000720. The van der Waals surface area contributed by atoms with Crippen LogP contribution in [0.1, 0.15) is 0 Å². The number of hydrogen-bond acceptors (Lipinski definition) is 3. The summed E-state index contributed by atoms with van der Waals surface area (Å²) >= 11 is 0. The van der Waals surface area contributed by atoms with E-state index in [0.717, 1.165) is 0 Å². The van der Waals surface area contributed by atoms with Gasteiger partial charge in [-0.3, -0.25) is 5.41 Å². The van der Waals surface area contributed by atoms with Crippen molar-refractivity contribution in [2.75, 3.05) is 13.2 Å². The highest BCUT2D eigenvalue weighted by Gasteiger charge is 1.58. The van der Waals surface area contributed by atoms with Gasteiger partial charge in [-0.05, 0) is 0 Å². The lowest BCUT2D eigenvalue weighted by Crippen LogP contribution is -2.20. The van der Waals surface area contributed by atoms with E-state index in [2.05, 4.69) is 11.5 Å². The molecular formula is C3H12ClN3O2. The Bertz CT molecular complexity index is 55.0. The van der Waals surface area contributed by atoms with Crippen molar-refractivity contribution in [1.82, 2.24) is 0 Å². The Labute approximate surface area is 59.6 Å². The number of hydrogen-bond donors (Lipinski definition) is 5. The maximum Gasteiger partial charge on any atom is 0.183 e. The van der Waals surface area contributed by atoms with Crippen molar-refractivity contribution in [2.24, 2.45) is 11.5 Å². The summed E-state index contributed by atoms with van der Waals surface area (Å²) in [6.07, 6.45) is 0. The topological polar surface area (TPSA) is 116 Å². The first-order valence-electron chi connectivity index (χ1n) is 1.96. The smallest absolute Gasteiger partial charge is 0.183 e. The van der Waals surface area contributed by atoms with E-state index in [9.17, 15) is 0 Å². The van der Waals surface area contributed by atoms with Crippen LogP contribution in [-0.2, 0) is 0 Å². The summed E-state index contributed by atoms with van der Waals surface area (Å²) in [4.78, 5) is 0. The lowest BCUT2D eigenvalue weighted by Gasteiger charge is -1.70. The van der Waals surface area contributed by atoms with Gasteiger partial charge in [0.1, 0.15) is 0 Å². The van der Waals surface area contributed by atoms with Gasteiger partial charge in [-0.2, -0.15) is 0 Å². The third kappa shape index (κ3) is 975. The highest BCUT2D eigenvalue weighted by molar-refractivity contribution is 5.85. The molecule has 0 spiro atoms. The van der Waals surface area contributed by atoms with E-state index in [4.69, 9.17) is 15.6 Å². The normalized spacial score (nSPS) is 6.00. The molecule has 0 saturated carbocycles. The summed E-state index contributed by atoms with van der Waals surface area (Å²) in [6.45, 7) is -0.250. The Kier molecular flexibility index (Phi) is 27.5. The largest absolute Gasteiger partial charge is 0.394 e. The molecule has 0 heterocycles. The van der Waals surface area contributed by atoms with Crippen LogP contribution in [0.15, 0.2) is 0 Å². The molecule has 0 unspecified atom stereocenters. The molecule has 0 rings (SSSR count). The number of rotatable bonds is 1. The fourth-order valence-electron chi connectivity index (χ4n) is 0. The van der Waals surface area contributed by atoms with Crippen LogP contribution in [0.2, 0.25) is 0 Å². The molecule has 7 N–H and O–H groups in total. The molecule has 9 heavy (non-hydrogen) atoms. The predicted molar refractivity (Wildman–Crippen MR) is 37.5 cm³/mol. The Hall–Kier alpha value is -0.520. The van der Waals surface area contributed by atoms with Gasteiger partial charge < -0.3 is 21.7 Å².